The summed E-state index contributed by atoms with van der Waals surface area (Å²) in [5.41, 5.74) is -1.38. The van der Waals surface area contributed by atoms with Crippen molar-refractivity contribution in [2.75, 3.05) is 6.61 Å². The molecular weight excluding hydrogens is 373 g/mol. The van der Waals surface area contributed by atoms with Crippen LogP contribution in [0.4, 0.5) is 0 Å². The zero-order valence-electron chi connectivity index (χ0n) is 12.1. The average molecular weight is 391 g/mol. The summed E-state index contributed by atoms with van der Waals surface area (Å²) in [7, 11) is -4.02. The second-order valence-corrected chi connectivity index (χ2v) is 9.07. The first-order valence-corrected chi connectivity index (χ1v) is 8.99. The van der Waals surface area contributed by atoms with Crippen molar-refractivity contribution in [3.8, 4) is 0 Å². The molecule has 0 amide bonds. The van der Waals surface area contributed by atoms with Gasteiger partial charge in [0.05, 0.1) is 0 Å². The van der Waals surface area contributed by atoms with Crippen LogP contribution in [0.1, 0.15) is 25.8 Å². The predicted octanol–water partition coefficient (Wildman–Crippen LogP) is 2.89. The van der Waals surface area contributed by atoms with Gasteiger partial charge in [-0.3, -0.25) is 4.18 Å². The highest BCUT2D eigenvalue weighted by Gasteiger charge is 2.39. The first-order valence-electron chi connectivity index (χ1n) is 6.45. The SMILES string of the molecule is CC(C)NS(=O)(=O)OC[C@](O)(CC(Cl)(Cl)Cl)c1ccccc1. The Kier molecular flexibility index (Phi) is 6.95. The maximum absolute atomic E-state index is 11.7. The topological polar surface area (TPSA) is 75.6 Å². The van der Waals surface area contributed by atoms with Crippen molar-refractivity contribution >= 4 is 45.1 Å². The zero-order valence-corrected chi connectivity index (χ0v) is 15.2. The molecule has 5 nitrogen and oxygen atoms in total. The summed E-state index contributed by atoms with van der Waals surface area (Å²) < 4.78 is 28.8. The van der Waals surface area contributed by atoms with Crippen LogP contribution >= 0.6 is 34.8 Å². The minimum Gasteiger partial charge on any atom is -0.383 e. The minimum absolute atomic E-state index is 0.328. The van der Waals surface area contributed by atoms with Crippen LogP contribution in [0.5, 0.6) is 0 Å². The molecule has 0 radical (unpaired) electrons. The number of aliphatic hydroxyl groups is 1. The van der Waals surface area contributed by atoms with E-state index < -0.39 is 26.3 Å². The summed E-state index contributed by atoms with van der Waals surface area (Å²) in [5.74, 6) is 0. The van der Waals surface area contributed by atoms with Gasteiger partial charge in [-0.25, -0.2) is 0 Å². The highest BCUT2D eigenvalue weighted by Crippen LogP contribution is 2.40. The van der Waals surface area contributed by atoms with E-state index in [9.17, 15) is 13.5 Å². The maximum Gasteiger partial charge on any atom is 0.336 e. The van der Waals surface area contributed by atoms with Crippen molar-refractivity contribution in [2.45, 2.75) is 35.7 Å². The van der Waals surface area contributed by atoms with Crippen LogP contribution in [0.2, 0.25) is 0 Å². The van der Waals surface area contributed by atoms with E-state index in [1.165, 1.54) is 0 Å². The lowest BCUT2D eigenvalue weighted by Crippen LogP contribution is -2.40. The van der Waals surface area contributed by atoms with E-state index in [2.05, 4.69) is 4.72 Å². The third-order valence-electron chi connectivity index (χ3n) is 2.64. The number of halogens is 3. The van der Waals surface area contributed by atoms with Crippen LogP contribution in [-0.2, 0) is 20.1 Å². The largest absolute Gasteiger partial charge is 0.383 e. The molecule has 2 N–H and O–H groups in total. The van der Waals surface area contributed by atoms with Crippen molar-refractivity contribution in [1.29, 1.82) is 0 Å². The van der Waals surface area contributed by atoms with Gasteiger partial charge in [0.15, 0.2) is 3.79 Å². The van der Waals surface area contributed by atoms with Crippen LogP contribution < -0.4 is 4.72 Å². The lowest BCUT2D eigenvalue weighted by Gasteiger charge is -2.31. The van der Waals surface area contributed by atoms with E-state index in [1.807, 2.05) is 0 Å². The Balaban J connectivity index is 2.98. The molecule has 1 atom stereocenters. The van der Waals surface area contributed by atoms with E-state index in [1.54, 1.807) is 44.2 Å². The number of nitrogens with one attached hydrogen (secondary N) is 1. The van der Waals surface area contributed by atoms with Crippen LogP contribution in [0, 0.1) is 0 Å². The van der Waals surface area contributed by atoms with Crippen LogP contribution in [-0.4, -0.2) is 30.0 Å². The smallest absolute Gasteiger partial charge is 0.336 e. The molecule has 1 aromatic carbocycles. The highest BCUT2D eigenvalue weighted by molar-refractivity contribution is 7.84. The summed E-state index contributed by atoms with van der Waals surface area (Å²) in [6.07, 6.45) is -0.328. The molecule has 22 heavy (non-hydrogen) atoms. The molecule has 9 heteroatoms. The van der Waals surface area contributed by atoms with Gasteiger partial charge in [-0.2, -0.15) is 13.1 Å². The molecule has 0 aliphatic carbocycles. The second kappa shape index (κ2) is 7.66. The van der Waals surface area contributed by atoms with Crippen LogP contribution in [0.15, 0.2) is 30.3 Å². The first-order chi connectivity index (χ1) is 9.94. The summed E-state index contributed by atoms with van der Waals surface area (Å²) in [5, 5.41) is 10.7. The van der Waals surface area contributed by atoms with Crippen LogP contribution in [0.3, 0.4) is 0 Å². The Morgan fingerprint density at radius 3 is 2.23 bits per heavy atom. The standard InChI is InChI=1S/C13H18Cl3NO4S/c1-10(2)17-22(19,20)21-9-12(18,8-13(14,15)16)11-6-4-3-5-7-11/h3-7,10,17-18H,8-9H2,1-2H3/t12-/m1/s1. The predicted molar refractivity (Wildman–Crippen MR) is 88.4 cm³/mol. The minimum atomic E-state index is -4.02. The highest BCUT2D eigenvalue weighted by atomic mass is 35.6. The summed E-state index contributed by atoms with van der Waals surface area (Å²) in [4.78, 5) is 0. The third-order valence-corrected chi connectivity index (χ3v) is 4.23. The molecule has 0 unspecified atom stereocenters. The monoisotopic (exact) mass is 389 g/mol. The molecule has 0 heterocycles. The van der Waals surface area contributed by atoms with Crippen molar-refractivity contribution in [2.24, 2.45) is 0 Å². The van der Waals surface area contributed by atoms with Crippen molar-refractivity contribution in [3.05, 3.63) is 35.9 Å². The van der Waals surface area contributed by atoms with Gasteiger partial charge in [-0.1, -0.05) is 65.1 Å². The number of hydrogen-bond donors (Lipinski definition) is 2. The van der Waals surface area contributed by atoms with E-state index in [0.717, 1.165) is 0 Å². The molecule has 1 aromatic rings. The fourth-order valence-electron chi connectivity index (χ4n) is 1.81. The summed E-state index contributed by atoms with van der Waals surface area (Å²) in [6.45, 7) is 2.71. The fourth-order valence-corrected chi connectivity index (χ4v) is 3.47. The molecule has 1 rings (SSSR count). The molecule has 126 valence electrons. The molecule has 0 spiro atoms. The Morgan fingerprint density at radius 2 is 1.77 bits per heavy atom. The number of benzene rings is 1. The summed E-state index contributed by atoms with van der Waals surface area (Å²) >= 11 is 17.3. The van der Waals surface area contributed by atoms with Crippen LogP contribution in [0.25, 0.3) is 0 Å². The van der Waals surface area contributed by atoms with Crippen molar-refractivity contribution in [1.82, 2.24) is 4.72 Å². The molecule has 0 aliphatic rings. The number of alkyl halides is 3. The molecule has 0 bridgehead atoms. The van der Waals surface area contributed by atoms with Crippen molar-refractivity contribution in [3.63, 3.8) is 0 Å². The van der Waals surface area contributed by atoms with E-state index in [-0.39, 0.29) is 12.5 Å². The normalized spacial score (nSPS) is 15.8. The number of rotatable bonds is 7. The zero-order chi connectivity index (χ0) is 17.0. The Labute approximate surface area is 145 Å². The average Bonchev–Trinajstić information content (AvgIpc) is 2.34. The van der Waals surface area contributed by atoms with Crippen molar-refractivity contribution < 1.29 is 17.7 Å². The lowest BCUT2D eigenvalue weighted by atomic mass is 9.92. The Morgan fingerprint density at radius 1 is 1.23 bits per heavy atom. The Hall–Kier alpha value is -0.0800. The van der Waals surface area contributed by atoms with Gasteiger partial charge in [0.2, 0.25) is 0 Å². The molecule has 0 fully saturated rings. The van der Waals surface area contributed by atoms with Gasteiger partial charge in [0.1, 0.15) is 12.2 Å². The van der Waals surface area contributed by atoms with E-state index in [4.69, 9.17) is 39.0 Å². The third kappa shape index (κ3) is 7.00. The van der Waals surface area contributed by atoms with Gasteiger partial charge >= 0.3 is 10.3 Å². The lowest BCUT2D eigenvalue weighted by molar-refractivity contribution is -0.0147. The van der Waals surface area contributed by atoms with Gasteiger partial charge in [0, 0.05) is 12.5 Å². The summed E-state index contributed by atoms with van der Waals surface area (Å²) in [6, 6.07) is 7.96. The van der Waals surface area contributed by atoms with Gasteiger partial charge in [-0.15, -0.1) is 0 Å². The fraction of sp³-hybridized carbons (Fsp3) is 0.538. The molecule has 0 aliphatic heterocycles. The van der Waals surface area contributed by atoms with Gasteiger partial charge in [-0.05, 0) is 19.4 Å². The second-order valence-electron chi connectivity index (χ2n) is 5.18. The van der Waals surface area contributed by atoms with E-state index >= 15 is 0 Å². The molecule has 0 saturated heterocycles. The Bertz CT molecular complexity index is 575. The maximum atomic E-state index is 11.7. The molecule has 0 saturated carbocycles. The van der Waals surface area contributed by atoms with Gasteiger partial charge in [0.25, 0.3) is 0 Å². The molecule has 0 aromatic heterocycles. The van der Waals surface area contributed by atoms with Gasteiger partial charge < -0.3 is 5.11 Å². The number of hydrogen-bond acceptors (Lipinski definition) is 4. The molecular formula is C13H18Cl3NO4S. The quantitative estimate of drug-likeness (QED) is 0.702. The first kappa shape index (κ1) is 20.0. The van der Waals surface area contributed by atoms with E-state index in [0.29, 0.717) is 5.56 Å².